The van der Waals surface area contributed by atoms with Crippen LogP contribution in [0.15, 0.2) is 24.4 Å². The van der Waals surface area contributed by atoms with Gasteiger partial charge in [0.2, 0.25) is 0 Å². The molecule has 138 valence electrons. The predicted molar refractivity (Wildman–Crippen MR) is 82.7 cm³/mol. The molecular formula is C16H14F3N3O4. The Morgan fingerprint density at radius 2 is 2.00 bits per heavy atom. The molecule has 0 aliphatic carbocycles. The number of halogens is 3. The van der Waals surface area contributed by atoms with E-state index >= 15 is 0 Å². The van der Waals surface area contributed by atoms with Gasteiger partial charge in [-0.25, -0.2) is 9.48 Å². The first-order valence-corrected chi connectivity index (χ1v) is 7.88. The van der Waals surface area contributed by atoms with Crippen molar-refractivity contribution < 1.29 is 32.5 Å². The van der Waals surface area contributed by atoms with Gasteiger partial charge in [-0.15, -0.1) is 0 Å². The molecule has 2 atom stereocenters. The van der Waals surface area contributed by atoms with E-state index in [1.165, 1.54) is 0 Å². The average Bonchev–Trinajstić information content (AvgIpc) is 3.03. The molecule has 3 heterocycles. The van der Waals surface area contributed by atoms with E-state index in [9.17, 15) is 23.1 Å². The van der Waals surface area contributed by atoms with Crippen molar-refractivity contribution in [3.8, 4) is 11.5 Å². The molecule has 0 radical (unpaired) electrons. The molecule has 0 bridgehead atoms. The van der Waals surface area contributed by atoms with Crippen LogP contribution in [-0.4, -0.2) is 40.2 Å². The third-order valence-corrected chi connectivity index (χ3v) is 4.44. The summed E-state index contributed by atoms with van der Waals surface area (Å²) in [6.45, 7) is 0.765. The highest BCUT2D eigenvalue weighted by Crippen LogP contribution is 2.45. The number of nitrogens with zero attached hydrogens (tertiary/aromatic N) is 2. The van der Waals surface area contributed by atoms with Gasteiger partial charge in [0.1, 0.15) is 24.6 Å². The minimum atomic E-state index is -4.56. The molecule has 0 fully saturated rings. The fourth-order valence-corrected chi connectivity index (χ4v) is 3.21. The van der Waals surface area contributed by atoms with Crippen LogP contribution < -0.4 is 14.8 Å². The molecule has 2 unspecified atom stereocenters. The Morgan fingerprint density at radius 1 is 1.27 bits per heavy atom. The van der Waals surface area contributed by atoms with Crippen LogP contribution in [0.25, 0.3) is 0 Å². The predicted octanol–water partition coefficient (Wildman–Crippen LogP) is 3.01. The van der Waals surface area contributed by atoms with Gasteiger partial charge < -0.3 is 19.9 Å². The summed E-state index contributed by atoms with van der Waals surface area (Å²) in [4.78, 5) is 11.3. The van der Waals surface area contributed by atoms with Crippen LogP contribution in [0, 0.1) is 0 Å². The summed E-state index contributed by atoms with van der Waals surface area (Å²) in [6, 6.07) is 2.22. The van der Waals surface area contributed by atoms with Crippen molar-refractivity contribution in [1.82, 2.24) is 9.78 Å². The van der Waals surface area contributed by atoms with Crippen LogP contribution in [0.4, 0.5) is 19.0 Å². The van der Waals surface area contributed by atoms with Gasteiger partial charge in [0.25, 0.3) is 0 Å². The van der Waals surface area contributed by atoms with E-state index in [4.69, 9.17) is 9.47 Å². The lowest BCUT2D eigenvalue weighted by molar-refractivity contribution is -0.173. The number of hydrogen-bond donors (Lipinski definition) is 2. The van der Waals surface area contributed by atoms with Crippen molar-refractivity contribution in [2.45, 2.75) is 24.7 Å². The molecule has 1 aromatic heterocycles. The number of alkyl halides is 3. The summed E-state index contributed by atoms with van der Waals surface area (Å²) >= 11 is 0. The molecule has 0 saturated heterocycles. The van der Waals surface area contributed by atoms with Gasteiger partial charge in [-0.05, 0) is 17.7 Å². The molecule has 0 amide bonds. The van der Waals surface area contributed by atoms with Crippen molar-refractivity contribution in [3.05, 3.63) is 35.5 Å². The van der Waals surface area contributed by atoms with Gasteiger partial charge in [0.05, 0.1) is 12.2 Å². The average molecular weight is 369 g/mol. The molecule has 2 aliphatic rings. The number of hydrogen-bond acceptors (Lipinski definition) is 5. The van der Waals surface area contributed by atoms with Crippen molar-refractivity contribution >= 4 is 11.8 Å². The number of benzene rings is 1. The normalized spacial score (nSPS) is 21.7. The van der Waals surface area contributed by atoms with Crippen molar-refractivity contribution in [2.24, 2.45) is 0 Å². The van der Waals surface area contributed by atoms with Crippen LogP contribution in [0.3, 0.4) is 0 Å². The van der Waals surface area contributed by atoms with Crippen LogP contribution in [0.2, 0.25) is 0 Å². The van der Waals surface area contributed by atoms with Crippen molar-refractivity contribution in [1.29, 1.82) is 0 Å². The lowest BCUT2D eigenvalue weighted by Crippen LogP contribution is -2.36. The summed E-state index contributed by atoms with van der Waals surface area (Å²) in [5.74, 6) is -0.524. The second-order valence-corrected chi connectivity index (χ2v) is 6.05. The fourth-order valence-electron chi connectivity index (χ4n) is 3.21. The molecule has 1 aromatic carbocycles. The topological polar surface area (TPSA) is 85.6 Å². The second-order valence-electron chi connectivity index (χ2n) is 6.05. The Labute approximate surface area is 145 Å². The summed E-state index contributed by atoms with van der Waals surface area (Å²) < 4.78 is 52.1. The number of aromatic nitrogens is 2. The third kappa shape index (κ3) is 2.71. The lowest BCUT2D eigenvalue weighted by Gasteiger charge is -2.34. The van der Waals surface area contributed by atoms with Crippen LogP contribution in [0.5, 0.6) is 11.5 Å². The molecule has 4 rings (SSSR count). The number of carboxylic acids is 1. The maximum absolute atomic E-state index is 13.5. The third-order valence-electron chi connectivity index (χ3n) is 4.44. The van der Waals surface area contributed by atoms with Gasteiger partial charge in [0.15, 0.2) is 17.5 Å². The van der Waals surface area contributed by atoms with E-state index in [1.807, 2.05) is 0 Å². The number of nitrogens with one attached hydrogen (secondary N) is 1. The molecule has 2 aliphatic heterocycles. The van der Waals surface area contributed by atoms with Gasteiger partial charge in [-0.1, -0.05) is 6.07 Å². The van der Waals surface area contributed by atoms with Crippen molar-refractivity contribution in [2.75, 3.05) is 18.5 Å². The van der Waals surface area contributed by atoms with Crippen LogP contribution >= 0.6 is 0 Å². The highest BCUT2D eigenvalue weighted by Gasteiger charge is 2.47. The molecule has 26 heavy (non-hydrogen) atoms. The first-order valence-electron chi connectivity index (χ1n) is 7.88. The Morgan fingerprint density at radius 3 is 2.69 bits per heavy atom. The quantitative estimate of drug-likeness (QED) is 0.847. The van der Waals surface area contributed by atoms with E-state index in [0.717, 1.165) is 6.20 Å². The molecule has 2 N–H and O–H groups in total. The summed E-state index contributed by atoms with van der Waals surface area (Å²) in [5.41, 5.74) is 0.244. The van der Waals surface area contributed by atoms with Gasteiger partial charge in [0, 0.05) is 6.42 Å². The summed E-state index contributed by atoms with van der Waals surface area (Å²) in [5, 5.41) is 15.7. The zero-order valence-electron chi connectivity index (χ0n) is 13.3. The maximum Gasteiger partial charge on any atom is 0.410 e. The Balaban J connectivity index is 1.74. The molecular weight excluding hydrogens is 355 g/mol. The zero-order chi connectivity index (χ0) is 18.5. The first kappa shape index (κ1) is 16.6. The van der Waals surface area contributed by atoms with Crippen LogP contribution in [-0.2, 0) is 0 Å². The largest absolute Gasteiger partial charge is 0.486 e. The van der Waals surface area contributed by atoms with Crippen molar-refractivity contribution in [3.63, 3.8) is 0 Å². The Hall–Kier alpha value is -2.91. The standard InChI is InChI=1S/C16H14F3N3O4/c17-16(18,19)13-6-10(21-14-9(15(23)24)7-20-22(13)14)8-1-2-11-12(5-8)26-4-3-25-11/h1-2,5,7,10,13,21H,3-4,6H2,(H,23,24). The second kappa shape index (κ2) is 5.82. The molecule has 10 heteroatoms. The minimum Gasteiger partial charge on any atom is -0.486 e. The van der Waals surface area contributed by atoms with E-state index in [2.05, 4.69) is 10.4 Å². The number of rotatable bonds is 2. The van der Waals surface area contributed by atoms with Gasteiger partial charge in [-0.2, -0.15) is 18.3 Å². The van der Waals surface area contributed by atoms with E-state index in [1.54, 1.807) is 18.2 Å². The highest BCUT2D eigenvalue weighted by atomic mass is 19.4. The molecule has 7 nitrogen and oxygen atoms in total. The molecule has 0 spiro atoms. The number of carbonyl (C=O) groups is 1. The number of carboxylic acid groups (broad SMARTS) is 1. The lowest BCUT2D eigenvalue weighted by atomic mass is 9.96. The summed E-state index contributed by atoms with van der Waals surface area (Å²) in [6.07, 6.45) is -3.96. The molecule has 0 saturated carbocycles. The number of aromatic carboxylic acids is 1. The van der Waals surface area contributed by atoms with Crippen LogP contribution in [0.1, 0.15) is 34.4 Å². The summed E-state index contributed by atoms with van der Waals surface area (Å²) in [7, 11) is 0. The SMILES string of the molecule is O=C(O)c1cnn2c1NC(c1ccc3c(c1)OCCO3)CC2C(F)(F)F. The Kier molecular flexibility index (Phi) is 3.70. The van der Waals surface area contributed by atoms with E-state index in [-0.39, 0.29) is 17.8 Å². The number of fused-ring (bicyclic) bond motifs is 2. The number of ether oxygens (including phenoxy) is 2. The van der Waals surface area contributed by atoms with E-state index in [0.29, 0.717) is 35.0 Å². The zero-order valence-corrected chi connectivity index (χ0v) is 13.3. The first-order chi connectivity index (χ1) is 12.3. The van der Waals surface area contributed by atoms with E-state index < -0.39 is 24.2 Å². The monoisotopic (exact) mass is 369 g/mol. The fraction of sp³-hybridized carbons (Fsp3) is 0.375. The molecule has 2 aromatic rings. The highest BCUT2D eigenvalue weighted by molar-refractivity contribution is 5.93. The Bertz CT molecular complexity index is 865. The minimum absolute atomic E-state index is 0.161. The number of anilines is 1. The van der Waals surface area contributed by atoms with Gasteiger partial charge >= 0.3 is 12.1 Å². The smallest absolute Gasteiger partial charge is 0.410 e. The van der Waals surface area contributed by atoms with Gasteiger partial charge in [-0.3, -0.25) is 0 Å². The maximum atomic E-state index is 13.5.